The SMILES string of the molecule is Cc1cc([N+](=O)[O-])cc(S(=O)(=O)N2CCC[C@H](O)C2)c1C. The van der Waals surface area contributed by atoms with Gasteiger partial charge in [-0.1, -0.05) is 0 Å². The number of nitro groups is 1. The van der Waals surface area contributed by atoms with Gasteiger partial charge in [0, 0.05) is 25.2 Å². The molecule has 7 nitrogen and oxygen atoms in total. The standard InChI is InChI=1S/C13H18N2O5S/c1-9-6-11(15(17)18)7-13(10(9)2)21(19,20)14-5-3-4-12(16)8-14/h6-7,12,16H,3-5,8H2,1-2H3/t12-/m0/s1. The largest absolute Gasteiger partial charge is 0.392 e. The Morgan fingerprint density at radius 2 is 2.05 bits per heavy atom. The smallest absolute Gasteiger partial charge is 0.271 e. The van der Waals surface area contributed by atoms with Gasteiger partial charge in [-0.3, -0.25) is 10.1 Å². The molecule has 1 heterocycles. The number of nitro benzene ring substituents is 1. The number of piperidine rings is 1. The number of rotatable bonds is 3. The van der Waals surface area contributed by atoms with Gasteiger partial charge in [0.15, 0.2) is 0 Å². The van der Waals surface area contributed by atoms with E-state index < -0.39 is 21.1 Å². The Morgan fingerprint density at radius 1 is 1.38 bits per heavy atom. The van der Waals surface area contributed by atoms with E-state index in [0.29, 0.717) is 30.5 Å². The van der Waals surface area contributed by atoms with Crippen molar-refractivity contribution in [3.8, 4) is 0 Å². The zero-order chi connectivity index (χ0) is 15.8. The molecular formula is C13H18N2O5S. The molecule has 1 aromatic rings. The summed E-state index contributed by atoms with van der Waals surface area (Å²) in [5.41, 5.74) is 0.815. The molecule has 8 heteroatoms. The van der Waals surface area contributed by atoms with Crippen LogP contribution in [0, 0.1) is 24.0 Å². The normalized spacial score (nSPS) is 20.4. The van der Waals surface area contributed by atoms with Crippen LogP contribution in [-0.2, 0) is 10.0 Å². The number of non-ortho nitro benzene ring substituents is 1. The zero-order valence-electron chi connectivity index (χ0n) is 11.9. The van der Waals surface area contributed by atoms with E-state index >= 15 is 0 Å². The highest BCUT2D eigenvalue weighted by Gasteiger charge is 2.32. The van der Waals surface area contributed by atoms with Crippen molar-refractivity contribution in [2.75, 3.05) is 13.1 Å². The monoisotopic (exact) mass is 314 g/mol. The lowest BCUT2D eigenvalue weighted by atomic mass is 10.1. The molecule has 0 amide bonds. The number of aliphatic hydroxyl groups excluding tert-OH is 1. The molecule has 2 rings (SSSR count). The molecule has 0 spiro atoms. The van der Waals surface area contributed by atoms with Crippen molar-refractivity contribution in [2.45, 2.75) is 37.7 Å². The van der Waals surface area contributed by atoms with Gasteiger partial charge < -0.3 is 5.11 Å². The second-order valence-electron chi connectivity index (χ2n) is 5.30. The summed E-state index contributed by atoms with van der Waals surface area (Å²) in [5, 5.41) is 20.6. The number of sulfonamides is 1. The average molecular weight is 314 g/mol. The second-order valence-corrected chi connectivity index (χ2v) is 7.21. The van der Waals surface area contributed by atoms with Gasteiger partial charge in [-0.05, 0) is 37.8 Å². The van der Waals surface area contributed by atoms with Gasteiger partial charge in [0.05, 0.1) is 15.9 Å². The maximum absolute atomic E-state index is 12.7. The Hall–Kier alpha value is -1.51. The minimum Gasteiger partial charge on any atom is -0.392 e. The van der Waals surface area contributed by atoms with Crippen molar-refractivity contribution >= 4 is 15.7 Å². The topological polar surface area (TPSA) is 101 Å². The fraction of sp³-hybridized carbons (Fsp3) is 0.538. The van der Waals surface area contributed by atoms with Crippen LogP contribution in [0.25, 0.3) is 0 Å². The minimum atomic E-state index is -3.84. The summed E-state index contributed by atoms with van der Waals surface area (Å²) in [7, 11) is -3.84. The third-order valence-corrected chi connectivity index (χ3v) is 5.78. The van der Waals surface area contributed by atoms with Crippen LogP contribution in [0.2, 0.25) is 0 Å². The van der Waals surface area contributed by atoms with Crippen molar-refractivity contribution in [2.24, 2.45) is 0 Å². The van der Waals surface area contributed by atoms with Crippen LogP contribution < -0.4 is 0 Å². The van der Waals surface area contributed by atoms with Crippen LogP contribution in [-0.4, -0.2) is 41.9 Å². The lowest BCUT2D eigenvalue weighted by Crippen LogP contribution is -2.42. The van der Waals surface area contributed by atoms with Gasteiger partial charge in [-0.2, -0.15) is 4.31 Å². The summed E-state index contributed by atoms with van der Waals surface area (Å²) < 4.78 is 26.5. The molecule has 1 N–H and O–H groups in total. The quantitative estimate of drug-likeness (QED) is 0.670. The van der Waals surface area contributed by atoms with E-state index in [4.69, 9.17) is 0 Å². The summed E-state index contributed by atoms with van der Waals surface area (Å²) >= 11 is 0. The number of nitrogens with zero attached hydrogens (tertiary/aromatic N) is 2. The Balaban J connectivity index is 2.51. The fourth-order valence-corrected chi connectivity index (χ4v) is 4.29. The first kappa shape index (κ1) is 15.9. The van der Waals surface area contributed by atoms with Crippen molar-refractivity contribution in [1.82, 2.24) is 4.31 Å². The first-order valence-corrected chi connectivity index (χ1v) is 8.11. The molecule has 116 valence electrons. The third-order valence-electron chi connectivity index (χ3n) is 3.79. The Morgan fingerprint density at radius 3 is 2.62 bits per heavy atom. The third kappa shape index (κ3) is 3.07. The van der Waals surface area contributed by atoms with Crippen LogP contribution in [0.15, 0.2) is 17.0 Å². The Labute approximate surface area is 123 Å². The summed E-state index contributed by atoms with van der Waals surface area (Å²) in [6, 6.07) is 2.46. The molecular weight excluding hydrogens is 296 g/mol. The molecule has 0 radical (unpaired) electrons. The number of benzene rings is 1. The average Bonchev–Trinajstić information content (AvgIpc) is 2.41. The van der Waals surface area contributed by atoms with E-state index in [9.17, 15) is 23.6 Å². The number of β-amino-alcohol motifs (C(OH)–C–C–N with tert-alkyl or cyclic N) is 1. The van der Waals surface area contributed by atoms with Crippen LogP contribution >= 0.6 is 0 Å². The van der Waals surface area contributed by atoms with E-state index in [0.717, 1.165) is 6.07 Å². The molecule has 0 saturated carbocycles. The number of hydrogen-bond donors (Lipinski definition) is 1. The highest BCUT2D eigenvalue weighted by atomic mass is 32.2. The van der Waals surface area contributed by atoms with E-state index in [2.05, 4.69) is 0 Å². The maximum Gasteiger partial charge on any atom is 0.271 e. The molecule has 1 aliphatic rings. The van der Waals surface area contributed by atoms with Gasteiger partial charge in [0.25, 0.3) is 5.69 Å². The minimum absolute atomic E-state index is 0.0313. The highest BCUT2D eigenvalue weighted by molar-refractivity contribution is 7.89. The van der Waals surface area contributed by atoms with Crippen LogP contribution in [0.4, 0.5) is 5.69 Å². The van der Waals surface area contributed by atoms with E-state index in [-0.39, 0.29) is 17.1 Å². The van der Waals surface area contributed by atoms with Crippen LogP contribution in [0.5, 0.6) is 0 Å². The summed E-state index contributed by atoms with van der Waals surface area (Å²) in [6.07, 6.45) is 0.459. The van der Waals surface area contributed by atoms with Gasteiger partial charge in [-0.15, -0.1) is 0 Å². The highest BCUT2D eigenvalue weighted by Crippen LogP contribution is 2.29. The van der Waals surface area contributed by atoms with Crippen molar-refractivity contribution in [1.29, 1.82) is 0 Å². The zero-order valence-corrected chi connectivity index (χ0v) is 12.8. The van der Waals surface area contributed by atoms with Crippen LogP contribution in [0.3, 0.4) is 0 Å². The lowest BCUT2D eigenvalue weighted by molar-refractivity contribution is -0.385. The Bertz CT molecular complexity index is 671. The molecule has 1 aromatic carbocycles. The predicted octanol–water partition coefficient (Wildman–Crippen LogP) is 1.36. The molecule has 0 aromatic heterocycles. The molecule has 1 aliphatic heterocycles. The number of aryl methyl sites for hydroxylation is 1. The second kappa shape index (κ2) is 5.70. The molecule has 0 aliphatic carbocycles. The van der Waals surface area contributed by atoms with Crippen LogP contribution in [0.1, 0.15) is 24.0 Å². The first-order valence-electron chi connectivity index (χ1n) is 6.67. The molecule has 21 heavy (non-hydrogen) atoms. The van der Waals surface area contributed by atoms with Gasteiger partial charge in [-0.25, -0.2) is 8.42 Å². The van der Waals surface area contributed by atoms with Crippen molar-refractivity contribution in [3.63, 3.8) is 0 Å². The summed E-state index contributed by atoms with van der Waals surface area (Å²) in [6.45, 7) is 3.63. The number of hydrogen-bond acceptors (Lipinski definition) is 5. The molecule has 1 saturated heterocycles. The Kier molecular flexibility index (Phi) is 4.31. The van der Waals surface area contributed by atoms with Crippen molar-refractivity contribution in [3.05, 3.63) is 33.4 Å². The van der Waals surface area contributed by atoms with E-state index in [1.807, 2.05) is 0 Å². The van der Waals surface area contributed by atoms with Gasteiger partial charge in [0.2, 0.25) is 10.0 Å². The fourth-order valence-electron chi connectivity index (χ4n) is 2.46. The summed E-state index contributed by atoms with van der Waals surface area (Å²) in [5.74, 6) is 0. The molecule has 1 atom stereocenters. The molecule has 0 unspecified atom stereocenters. The number of aliphatic hydroxyl groups is 1. The van der Waals surface area contributed by atoms with Gasteiger partial charge >= 0.3 is 0 Å². The lowest BCUT2D eigenvalue weighted by Gasteiger charge is -2.29. The van der Waals surface area contributed by atoms with Crippen molar-refractivity contribution < 1.29 is 18.4 Å². The summed E-state index contributed by atoms with van der Waals surface area (Å²) in [4.78, 5) is 10.3. The molecule has 0 bridgehead atoms. The predicted molar refractivity (Wildman–Crippen MR) is 76.6 cm³/mol. The van der Waals surface area contributed by atoms with Gasteiger partial charge in [0.1, 0.15) is 0 Å². The maximum atomic E-state index is 12.7. The van der Waals surface area contributed by atoms with E-state index in [1.165, 1.54) is 10.4 Å². The first-order chi connectivity index (χ1) is 9.73. The molecule has 1 fully saturated rings. The van der Waals surface area contributed by atoms with E-state index in [1.54, 1.807) is 13.8 Å².